The van der Waals surface area contributed by atoms with Crippen LogP contribution in [0, 0.1) is 6.92 Å². The number of nitrogens with zero attached hydrogens (tertiary/aromatic N) is 3. The predicted octanol–water partition coefficient (Wildman–Crippen LogP) is 5.73. The number of halogens is 3. The molecule has 2 N–H and O–H groups in total. The van der Waals surface area contributed by atoms with Crippen molar-refractivity contribution in [3.05, 3.63) is 77.9 Å². The number of carbonyl (C=O) groups excluding carboxylic acids is 1. The highest BCUT2D eigenvalue weighted by Crippen LogP contribution is 2.42. The highest BCUT2D eigenvalue weighted by Gasteiger charge is 2.35. The topological polar surface area (TPSA) is 70.2 Å². The lowest BCUT2D eigenvalue weighted by Crippen LogP contribution is -2.48. The van der Waals surface area contributed by atoms with Crippen LogP contribution in [0.1, 0.15) is 11.1 Å². The zero-order valence-electron chi connectivity index (χ0n) is 19.6. The molecule has 36 heavy (non-hydrogen) atoms. The van der Waals surface area contributed by atoms with Crippen LogP contribution < -0.4 is 10.6 Å². The van der Waals surface area contributed by atoms with E-state index in [0.717, 1.165) is 17.0 Å². The van der Waals surface area contributed by atoms with E-state index in [9.17, 15) is 18.0 Å². The Morgan fingerprint density at radius 2 is 1.50 bits per heavy atom. The monoisotopic (exact) mass is 491 g/mol. The second-order valence-electron chi connectivity index (χ2n) is 8.63. The summed E-state index contributed by atoms with van der Waals surface area (Å²) < 4.78 is 41.7. The molecular weight excluding hydrogens is 467 g/mol. The minimum Gasteiger partial charge on any atom is -0.322 e. The zero-order valence-corrected chi connectivity index (χ0v) is 19.6. The number of aromatic nitrogens is 2. The molecule has 5 rings (SSSR count). The molecule has 9 heteroatoms. The largest absolute Gasteiger partial charge is 0.416 e. The van der Waals surface area contributed by atoms with Crippen molar-refractivity contribution >= 4 is 22.5 Å². The first-order chi connectivity index (χ1) is 17.3. The Kier molecular flexibility index (Phi) is 6.32. The maximum absolute atomic E-state index is 13.9. The summed E-state index contributed by atoms with van der Waals surface area (Å²) in [6, 6.07) is 18.8. The highest BCUT2D eigenvalue weighted by molar-refractivity contribution is 6.05. The molecule has 1 saturated heterocycles. The van der Waals surface area contributed by atoms with Gasteiger partial charge in [-0.2, -0.15) is 13.2 Å². The van der Waals surface area contributed by atoms with Crippen LogP contribution in [0.2, 0.25) is 0 Å². The Morgan fingerprint density at radius 1 is 0.889 bits per heavy atom. The third-order valence-corrected chi connectivity index (χ3v) is 6.39. The number of rotatable bonds is 3. The molecule has 1 aliphatic rings. The van der Waals surface area contributed by atoms with Crippen LogP contribution in [-0.2, 0) is 6.18 Å². The second-order valence-corrected chi connectivity index (χ2v) is 8.63. The van der Waals surface area contributed by atoms with E-state index >= 15 is 0 Å². The van der Waals surface area contributed by atoms with Gasteiger partial charge in [0.1, 0.15) is 11.4 Å². The maximum Gasteiger partial charge on any atom is 0.416 e. The van der Waals surface area contributed by atoms with Crippen LogP contribution in [0.3, 0.4) is 0 Å². The van der Waals surface area contributed by atoms with E-state index in [2.05, 4.69) is 20.8 Å². The summed E-state index contributed by atoms with van der Waals surface area (Å²) >= 11 is 0. The highest BCUT2D eigenvalue weighted by atomic mass is 19.4. The minimum absolute atomic E-state index is 0.0208. The van der Waals surface area contributed by atoms with Crippen molar-refractivity contribution in [2.24, 2.45) is 0 Å². The van der Waals surface area contributed by atoms with Gasteiger partial charge in [-0.15, -0.1) is 10.2 Å². The average molecular weight is 492 g/mol. The van der Waals surface area contributed by atoms with Crippen LogP contribution >= 0.6 is 0 Å². The Bertz CT molecular complexity index is 1420. The molecule has 0 bridgehead atoms. The number of urea groups is 1. The number of fused-ring (bicyclic) bond motifs is 1. The Labute approximate surface area is 206 Å². The molecule has 0 radical (unpaired) electrons. The fourth-order valence-corrected chi connectivity index (χ4v) is 4.59. The number of carbonyl (C=O) groups is 1. The molecule has 1 aromatic heterocycles. The number of amides is 2. The van der Waals surface area contributed by atoms with Crippen LogP contribution in [-0.4, -0.2) is 47.3 Å². The van der Waals surface area contributed by atoms with Crippen LogP contribution in [0.4, 0.5) is 23.7 Å². The van der Waals surface area contributed by atoms with Gasteiger partial charge in [0.2, 0.25) is 0 Å². The van der Waals surface area contributed by atoms with Crippen LogP contribution in [0.5, 0.6) is 0 Å². The Balaban J connectivity index is 1.70. The van der Waals surface area contributed by atoms with Crippen molar-refractivity contribution in [1.29, 1.82) is 0 Å². The molecule has 3 aromatic carbocycles. The first-order valence-electron chi connectivity index (χ1n) is 11.6. The third-order valence-electron chi connectivity index (χ3n) is 6.39. The number of hydrogen-bond donors (Lipinski definition) is 2. The number of alkyl halides is 3. The number of nitrogens with one attached hydrogen (secondary N) is 2. The van der Waals surface area contributed by atoms with Crippen LogP contribution in [0.15, 0.2) is 66.7 Å². The second kappa shape index (κ2) is 9.58. The Morgan fingerprint density at radius 3 is 2.17 bits per heavy atom. The molecule has 2 amide bonds. The molecule has 6 nitrogen and oxygen atoms in total. The van der Waals surface area contributed by atoms with E-state index in [1.165, 1.54) is 13.0 Å². The summed E-state index contributed by atoms with van der Waals surface area (Å²) in [6.07, 6.45) is -4.56. The molecule has 0 spiro atoms. The Hall–Kier alpha value is -3.98. The lowest BCUT2D eigenvalue weighted by Gasteiger charge is -2.28. The third kappa shape index (κ3) is 4.49. The summed E-state index contributed by atoms with van der Waals surface area (Å²) in [5, 5.41) is 16.3. The number of hydrogen-bond acceptors (Lipinski definition) is 4. The lowest BCUT2D eigenvalue weighted by atomic mass is 9.93. The van der Waals surface area contributed by atoms with Gasteiger partial charge in [0.05, 0.1) is 11.3 Å². The van der Waals surface area contributed by atoms with Gasteiger partial charge in [-0.05, 0) is 24.6 Å². The van der Waals surface area contributed by atoms with E-state index in [4.69, 9.17) is 0 Å². The summed E-state index contributed by atoms with van der Waals surface area (Å²) in [4.78, 5) is 14.6. The quantitative estimate of drug-likeness (QED) is 0.384. The van der Waals surface area contributed by atoms with Gasteiger partial charge in [-0.3, -0.25) is 0 Å². The van der Waals surface area contributed by atoms with E-state index in [1.54, 1.807) is 4.90 Å². The average Bonchev–Trinajstić information content (AvgIpc) is 2.89. The summed E-state index contributed by atoms with van der Waals surface area (Å²) in [5.41, 5.74) is 1.42. The summed E-state index contributed by atoms with van der Waals surface area (Å²) in [5.74, 6) is 0. The van der Waals surface area contributed by atoms with Gasteiger partial charge in [0.25, 0.3) is 0 Å². The van der Waals surface area contributed by atoms with E-state index < -0.39 is 11.7 Å². The summed E-state index contributed by atoms with van der Waals surface area (Å²) in [7, 11) is 0. The lowest BCUT2D eigenvalue weighted by molar-refractivity contribution is -0.138. The smallest absolute Gasteiger partial charge is 0.322 e. The first-order valence-corrected chi connectivity index (χ1v) is 11.6. The van der Waals surface area contributed by atoms with Gasteiger partial charge in [-0.25, -0.2) is 4.79 Å². The number of anilines is 1. The van der Waals surface area contributed by atoms with Crippen molar-refractivity contribution in [2.75, 3.05) is 31.5 Å². The molecule has 2 heterocycles. The molecule has 184 valence electrons. The number of benzene rings is 3. The van der Waals surface area contributed by atoms with Gasteiger partial charge < -0.3 is 15.5 Å². The van der Waals surface area contributed by atoms with Crippen molar-refractivity contribution < 1.29 is 18.0 Å². The molecule has 1 aliphatic heterocycles. The maximum atomic E-state index is 13.9. The number of piperazine rings is 1. The van der Waals surface area contributed by atoms with Crippen molar-refractivity contribution in [1.82, 2.24) is 20.4 Å². The molecule has 0 unspecified atom stereocenters. The van der Waals surface area contributed by atoms with Gasteiger partial charge in [-0.1, -0.05) is 54.6 Å². The van der Waals surface area contributed by atoms with Gasteiger partial charge in [0, 0.05) is 48.1 Å². The zero-order chi connectivity index (χ0) is 25.3. The minimum atomic E-state index is -4.56. The van der Waals surface area contributed by atoms with Crippen molar-refractivity contribution in [3.63, 3.8) is 0 Å². The summed E-state index contributed by atoms with van der Waals surface area (Å²) in [6.45, 7) is 3.73. The molecule has 0 saturated carbocycles. The van der Waals surface area contributed by atoms with E-state index in [-0.39, 0.29) is 28.5 Å². The molecular formula is C27H24F3N5O. The molecule has 0 aliphatic carbocycles. The molecule has 1 fully saturated rings. The van der Waals surface area contributed by atoms with E-state index in [1.807, 2.05) is 54.6 Å². The normalized spacial score (nSPS) is 14.2. The van der Waals surface area contributed by atoms with Crippen molar-refractivity contribution in [2.45, 2.75) is 13.1 Å². The van der Waals surface area contributed by atoms with Crippen molar-refractivity contribution in [3.8, 4) is 22.5 Å². The molecule has 0 atom stereocenters. The van der Waals surface area contributed by atoms with Crippen LogP contribution in [0.25, 0.3) is 33.3 Å². The fourth-order valence-electron chi connectivity index (χ4n) is 4.59. The fraction of sp³-hybridized carbons (Fsp3) is 0.222. The van der Waals surface area contributed by atoms with Gasteiger partial charge >= 0.3 is 12.2 Å². The first kappa shape index (κ1) is 23.7. The SMILES string of the molecule is Cc1c(C(F)(F)F)ccc(NC(=O)N2CCNCC2)c1-c1nnc(-c2ccccc2)c2ccccc12. The molecule has 4 aromatic rings. The van der Waals surface area contributed by atoms with Gasteiger partial charge in [0.15, 0.2) is 0 Å². The van der Waals surface area contributed by atoms with E-state index in [0.29, 0.717) is 37.3 Å². The standard InChI is InChI=1S/C27H24F3N5O/c1-17-21(27(28,29)30)11-12-22(32-26(36)35-15-13-31-14-16-35)23(17)25-20-10-6-5-9-19(20)24(33-34-25)18-7-3-2-4-8-18/h2-12,31H,13-16H2,1H3,(H,32,36). The predicted molar refractivity (Wildman–Crippen MR) is 134 cm³/mol.